The van der Waals surface area contributed by atoms with E-state index in [4.69, 9.17) is 11.6 Å². The van der Waals surface area contributed by atoms with Crippen molar-refractivity contribution in [1.82, 2.24) is 5.32 Å². The molecule has 0 rings (SSSR count). The Morgan fingerprint density at radius 1 is 1.05 bits per heavy atom. The zero-order valence-electron chi connectivity index (χ0n) is 11.1. The van der Waals surface area contributed by atoms with Crippen molar-refractivity contribution in [1.29, 1.82) is 0 Å². The lowest BCUT2D eigenvalue weighted by molar-refractivity contribution is -0.274. The van der Waals surface area contributed by atoms with Crippen LogP contribution in [0.2, 0.25) is 0 Å². The summed E-state index contributed by atoms with van der Waals surface area (Å²) < 4.78 is 73.5. The summed E-state index contributed by atoms with van der Waals surface area (Å²) in [6, 6.07) is 0. The summed E-state index contributed by atoms with van der Waals surface area (Å²) in [6.07, 6.45) is -11.0. The summed E-state index contributed by atoms with van der Waals surface area (Å²) in [4.78, 5) is 11.1. The molecule has 1 N–H and O–H groups in total. The minimum absolute atomic E-state index is 0.259. The molecule has 0 aliphatic carbocycles. The first-order valence-corrected chi connectivity index (χ1v) is 6.13. The zero-order valence-corrected chi connectivity index (χ0v) is 11.9. The summed E-state index contributed by atoms with van der Waals surface area (Å²) in [5.74, 6) is -6.17. The van der Waals surface area contributed by atoms with E-state index in [9.17, 15) is 31.1 Å². The smallest absolute Gasteiger partial charge is 0.354 e. The highest BCUT2D eigenvalue weighted by Crippen LogP contribution is 2.39. The minimum Gasteiger partial charge on any atom is -0.354 e. The van der Waals surface area contributed by atoms with Gasteiger partial charge >= 0.3 is 12.4 Å². The third kappa shape index (κ3) is 7.21. The molecule has 0 aromatic heterocycles. The normalized spacial score (nSPS) is 15.3. The molecule has 0 heterocycles. The first kappa shape index (κ1) is 19.3. The van der Waals surface area contributed by atoms with E-state index in [0.29, 0.717) is 6.42 Å². The van der Waals surface area contributed by atoms with E-state index in [1.807, 2.05) is 0 Å². The molecule has 0 spiro atoms. The number of hydrogen-bond donors (Lipinski definition) is 1. The lowest BCUT2D eigenvalue weighted by Gasteiger charge is -2.24. The summed E-state index contributed by atoms with van der Waals surface area (Å²) in [7, 11) is 0. The van der Waals surface area contributed by atoms with Gasteiger partial charge in [0.05, 0.1) is 5.38 Å². The molecular weight excluding hydrogens is 312 g/mol. The SMILES string of the molecule is CC(C)(C)CC(Cl)CNC(=O)C(C(F)(F)F)C(F)(F)F. The average Bonchev–Trinajstić information content (AvgIpc) is 2.06. The van der Waals surface area contributed by atoms with Gasteiger partial charge in [0, 0.05) is 6.54 Å². The minimum atomic E-state index is -5.69. The summed E-state index contributed by atoms with van der Waals surface area (Å²) >= 11 is 5.77. The molecule has 120 valence electrons. The highest BCUT2D eigenvalue weighted by atomic mass is 35.5. The Morgan fingerprint density at radius 3 is 1.75 bits per heavy atom. The van der Waals surface area contributed by atoms with Gasteiger partial charge in [0.1, 0.15) is 0 Å². The fourth-order valence-electron chi connectivity index (χ4n) is 1.53. The summed E-state index contributed by atoms with van der Waals surface area (Å²) in [5.41, 5.74) is -0.259. The lowest BCUT2D eigenvalue weighted by atomic mass is 9.90. The van der Waals surface area contributed by atoms with Gasteiger partial charge < -0.3 is 5.32 Å². The number of rotatable bonds is 4. The van der Waals surface area contributed by atoms with E-state index in [1.165, 1.54) is 0 Å². The van der Waals surface area contributed by atoms with Crippen molar-refractivity contribution in [2.45, 2.75) is 44.9 Å². The fraction of sp³-hybridized carbons (Fsp3) is 0.909. The number of nitrogens with one attached hydrogen (secondary N) is 1. The van der Waals surface area contributed by atoms with E-state index in [0.717, 1.165) is 0 Å². The maximum atomic E-state index is 12.2. The van der Waals surface area contributed by atoms with Gasteiger partial charge in [-0.25, -0.2) is 0 Å². The van der Waals surface area contributed by atoms with Crippen LogP contribution in [0, 0.1) is 11.3 Å². The van der Waals surface area contributed by atoms with Crippen LogP contribution in [0.5, 0.6) is 0 Å². The van der Waals surface area contributed by atoms with Crippen LogP contribution in [0.3, 0.4) is 0 Å². The van der Waals surface area contributed by atoms with E-state index >= 15 is 0 Å². The molecule has 0 bridgehead atoms. The van der Waals surface area contributed by atoms with E-state index < -0.39 is 36.1 Å². The Bertz CT molecular complexity index is 319. The topological polar surface area (TPSA) is 29.1 Å². The third-order valence-corrected chi connectivity index (χ3v) is 2.56. The third-order valence-electron chi connectivity index (χ3n) is 2.25. The van der Waals surface area contributed by atoms with Crippen molar-refractivity contribution in [3.8, 4) is 0 Å². The van der Waals surface area contributed by atoms with Crippen LogP contribution < -0.4 is 5.32 Å². The molecule has 0 radical (unpaired) electrons. The number of carbonyl (C=O) groups is 1. The molecule has 1 amide bonds. The standard InChI is InChI=1S/C11H16ClF6NO/c1-9(2,3)4-6(12)5-19-8(20)7(10(13,14)15)11(16,17)18/h6-7H,4-5H2,1-3H3,(H,19,20). The van der Waals surface area contributed by atoms with Gasteiger partial charge in [-0.05, 0) is 11.8 Å². The van der Waals surface area contributed by atoms with Gasteiger partial charge in [-0.15, -0.1) is 11.6 Å². The molecule has 0 aromatic rings. The highest BCUT2D eigenvalue weighted by Gasteiger charge is 2.61. The first-order chi connectivity index (χ1) is 8.64. The van der Waals surface area contributed by atoms with Crippen LogP contribution in [0.4, 0.5) is 26.3 Å². The molecule has 0 aromatic carbocycles. The van der Waals surface area contributed by atoms with Crippen molar-refractivity contribution in [3.63, 3.8) is 0 Å². The largest absolute Gasteiger partial charge is 0.409 e. The van der Waals surface area contributed by atoms with Crippen molar-refractivity contribution < 1.29 is 31.1 Å². The number of alkyl halides is 7. The second-order valence-corrected chi connectivity index (χ2v) is 6.24. The molecule has 20 heavy (non-hydrogen) atoms. The molecule has 0 aliphatic rings. The van der Waals surface area contributed by atoms with Gasteiger partial charge in [-0.3, -0.25) is 4.79 Å². The van der Waals surface area contributed by atoms with Gasteiger partial charge in [-0.1, -0.05) is 20.8 Å². The van der Waals surface area contributed by atoms with E-state index in [1.54, 1.807) is 26.1 Å². The Morgan fingerprint density at radius 2 is 1.45 bits per heavy atom. The molecule has 9 heteroatoms. The molecule has 0 aliphatic heterocycles. The molecule has 1 atom stereocenters. The van der Waals surface area contributed by atoms with Crippen molar-refractivity contribution in [2.75, 3.05) is 6.54 Å². The number of amides is 1. The zero-order chi connectivity index (χ0) is 16.4. The second kappa shape index (κ2) is 6.41. The van der Waals surface area contributed by atoms with Crippen LogP contribution in [-0.4, -0.2) is 30.2 Å². The summed E-state index contributed by atoms with van der Waals surface area (Å²) in [6.45, 7) is 4.95. The van der Waals surface area contributed by atoms with Crippen LogP contribution in [0.25, 0.3) is 0 Å². The van der Waals surface area contributed by atoms with Gasteiger partial charge in [0.15, 0.2) is 0 Å². The van der Waals surface area contributed by atoms with Crippen molar-refractivity contribution >= 4 is 17.5 Å². The molecule has 1 unspecified atom stereocenters. The Balaban J connectivity index is 4.66. The van der Waals surface area contributed by atoms with Gasteiger partial charge in [-0.2, -0.15) is 26.3 Å². The number of halogens is 7. The van der Waals surface area contributed by atoms with Gasteiger partial charge in [0.2, 0.25) is 11.8 Å². The van der Waals surface area contributed by atoms with Crippen LogP contribution in [-0.2, 0) is 4.79 Å². The molecule has 2 nitrogen and oxygen atoms in total. The molecule has 0 saturated carbocycles. The quantitative estimate of drug-likeness (QED) is 0.616. The van der Waals surface area contributed by atoms with Crippen molar-refractivity contribution in [2.24, 2.45) is 11.3 Å². The van der Waals surface area contributed by atoms with E-state index in [-0.39, 0.29) is 5.41 Å². The fourth-order valence-corrected chi connectivity index (χ4v) is 2.07. The Hall–Kier alpha value is -0.660. The molecule has 0 saturated heterocycles. The van der Waals surface area contributed by atoms with Crippen LogP contribution in [0.1, 0.15) is 27.2 Å². The van der Waals surface area contributed by atoms with E-state index in [2.05, 4.69) is 0 Å². The monoisotopic (exact) mass is 327 g/mol. The lowest BCUT2D eigenvalue weighted by Crippen LogP contribution is -2.49. The maximum absolute atomic E-state index is 12.2. The average molecular weight is 328 g/mol. The summed E-state index contributed by atoms with van der Waals surface area (Å²) in [5, 5.41) is 0.858. The predicted octanol–water partition coefficient (Wildman–Crippen LogP) is 3.89. The van der Waals surface area contributed by atoms with Crippen LogP contribution in [0.15, 0.2) is 0 Å². The maximum Gasteiger partial charge on any atom is 0.409 e. The van der Waals surface area contributed by atoms with Crippen LogP contribution >= 0.6 is 11.6 Å². The Kier molecular flexibility index (Phi) is 6.19. The molecule has 0 fully saturated rings. The number of hydrogen-bond acceptors (Lipinski definition) is 1. The number of carbonyl (C=O) groups excluding carboxylic acids is 1. The van der Waals surface area contributed by atoms with Gasteiger partial charge in [0.25, 0.3) is 0 Å². The molecular formula is C11H16ClF6NO. The second-order valence-electron chi connectivity index (χ2n) is 5.62. The first-order valence-electron chi connectivity index (χ1n) is 5.70. The van der Waals surface area contributed by atoms with Crippen molar-refractivity contribution in [3.05, 3.63) is 0 Å². The predicted molar refractivity (Wildman–Crippen MR) is 62.3 cm³/mol. The Labute approximate surface area is 117 Å². The highest BCUT2D eigenvalue weighted by molar-refractivity contribution is 6.20.